The summed E-state index contributed by atoms with van der Waals surface area (Å²) in [7, 11) is 1.62. The van der Waals surface area contributed by atoms with Crippen LogP contribution < -0.4 is 9.64 Å². The number of halogens is 1. The highest BCUT2D eigenvalue weighted by molar-refractivity contribution is 5.93. The highest BCUT2D eigenvalue weighted by Crippen LogP contribution is 2.45. The number of rotatable bonds is 6. The summed E-state index contributed by atoms with van der Waals surface area (Å²) in [5.74, 6) is 1.68. The number of hydrogen-bond donors (Lipinski definition) is 1. The number of methoxy groups -OCH3 is 1. The number of nitrogens with zero attached hydrogens (tertiary/aromatic N) is 6. The monoisotopic (exact) mass is 519 g/mol. The predicted molar refractivity (Wildman–Crippen MR) is 143 cm³/mol. The third kappa shape index (κ3) is 3.76. The Kier molecular flexibility index (Phi) is 5.59. The maximum atomic E-state index is 16.2. The molecule has 0 unspecified atom stereocenters. The normalized spacial score (nSPS) is 20.0. The Hall–Kier alpha value is -3.24. The Bertz CT molecular complexity index is 1490. The van der Waals surface area contributed by atoms with Gasteiger partial charge in [0, 0.05) is 68.5 Å². The highest BCUT2D eigenvalue weighted by Gasteiger charge is 2.52. The summed E-state index contributed by atoms with van der Waals surface area (Å²) in [5, 5.41) is 4.91. The minimum atomic E-state index is -0.240. The van der Waals surface area contributed by atoms with E-state index in [-0.39, 0.29) is 17.2 Å². The van der Waals surface area contributed by atoms with Crippen LogP contribution in [-0.4, -0.2) is 82.5 Å². The summed E-state index contributed by atoms with van der Waals surface area (Å²) >= 11 is 0. The lowest BCUT2D eigenvalue weighted by Gasteiger charge is -2.61. The number of anilines is 1. The molecule has 3 aliphatic heterocycles. The van der Waals surface area contributed by atoms with Crippen LogP contribution in [0.25, 0.3) is 27.8 Å². The summed E-state index contributed by atoms with van der Waals surface area (Å²) in [4.78, 5) is 17.0. The molecule has 0 aromatic carbocycles. The predicted octanol–water partition coefficient (Wildman–Crippen LogP) is 4.09. The van der Waals surface area contributed by atoms with Gasteiger partial charge in [-0.05, 0) is 36.3 Å². The minimum absolute atomic E-state index is 0.0917. The number of nitrogens with one attached hydrogen (secondary N) is 1. The molecule has 38 heavy (non-hydrogen) atoms. The SMILES string of the molecule is COc1cc(-c2[nH]c3cnc(N4CC5(CN(CC6CCOCC6)C5)C4)c(F)c3c2C(C)C)cn2ncnc12. The van der Waals surface area contributed by atoms with E-state index in [9.17, 15) is 0 Å². The van der Waals surface area contributed by atoms with E-state index in [1.54, 1.807) is 17.8 Å². The number of H-pyrrole nitrogens is 1. The quantitative estimate of drug-likeness (QED) is 0.411. The van der Waals surface area contributed by atoms with E-state index in [1.807, 2.05) is 12.3 Å². The molecule has 3 fully saturated rings. The molecule has 200 valence electrons. The van der Waals surface area contributed by atoms with Gasteiger partial charge in [-0.1, -0.05) is 13.8 Å². The van der Waals surface area contributed by atoms with Crippen molar-refractivity contribution in [3.05, 3.63) is 36.2 Å². The molecule has 7 rings (SSSR count). The Balaban J connectivity index is 1.16. The summed E-state index contributed by atoms with van der Waals surface area (Å²) in [6, 6.07) is 1.93. The van der Waals surface area contributed by atoms with Crippen LogP contribution in [0, 0.1) is 17.2 Å². The van der Waals surface area contributed by atoms with Crippen LogP contribution in [0.3, 0.4) is 0 Å². The molecule has 0 aliphatic carbocycles. The standard InChI is InChI=1S/C28H34FN7O2/c1-17(2)22-23-20(33-25(22)19-8-21(37-3)26-31-16-32-36(26)11-19)9-30-27(24(23)29)35-14-28(15-35)12-34(13-28)10-18-4-6-38-7-5-18/h8-9,11,16-18,33H,4-7,10,12-15H2,1-3H3. The molecule has 1 spiro atoms. The zero-order chi connectivity index (χ0) is 26.0. The molecular weight excluding hydrogens is 485 g/mol. The molecule has 0 amide bonds. The van der Waals surface area contributed by atoms with Gasteiger partial charge in [0.25, 0.3) is 0 Å². The topological polar surface area (TPSA) is 83.8 Å². The first-order valence-electron chi connectivity index (χ1n) is 13.6. The van der Waals surface area contributed by atoms with Crippen LogP contribution in [0.5, 0.6) is 5.75 Å². The molecule has 1 N–H and O–H groups in total. The molecule has 3 aliphatic rings. The average molecular weight is 520 g/mol. The fourth-order valence-electron chi connectivity index (χ4n) is 6.81. The van der Waals surface area contributed by atoms with Crippen LogP contribution >= 0.6 is 0 Å². The second kappa shape index (κ2) is 8.91. The van der Waals surface area contributed by atoms with Gasteiger partial charge in [-0.3, -0.25) is 0 Å². The van der Waals surface area contributed by atoms with Crippen molar-refractivity contribution in [3.8, 4) is 17.0 Å². The summed E-state index contributed by atoms with van der Waals surface area (Å²) in [6.45, 7) is 11.1. The fourth-order valence-corrected chi connectivity index (χ4v) is 6.81. The van der Waals surface area contributed by atoms with E-state index < -0.39 is 0 Å². The Morgan fingerprint density at radius 3 is 2.71 bits per heavy atom. The van der Waals surface area contributed by atoms with E-state index in [0.717, 1.165) is 62.1 Å². The van der Waals surface area contributed by atoms with E-state index in [1.165, 1.54) is 25.7 Å². The second-order valence-electron chi connectivity index (χ2n) is 11.7. The smallest absolute Gasteiger partial charge is 0.197 e. The van der Waals surface area contributed by atoms with Gasteiger partial charge in [0.15, 0.2) is 23.0 Å². The number of aromatic amines is 1. The van der Waals surface area contributed by atoms with Gasteiger partial charge in [0.2, 0.25) is 0 Å². The molecule has 0 bridgehead atoms. The third-order valence-corrected chi connectivity index (χ3v) is 8.55. The lowest BCUT2D eigenvalue weighted by Crippen LogP contribution is -2.72. The molecule has 9 nitrogen and oxygen atoms in total. The first kappa shape index (κ1) is 23.8. The molecule has 7 heterocycles. The molecular formula is C28H34FN7O2. The summed E-state index contributed by atoms with van der Waals surface area (Å²) in [6.07, 6.45) is 7.51. The number of ether oxygens (including phenoxy) is 2. The van der Waals surface area contributed by atoms with Gasteiger partial charge in [-0.15, -0.1) is 0 Å². The minimum Gasteiger partial charge on any atom is -0.493 e. The molecule has 0 atom stereocenters. The van der Waals surface area contributed by atoms with E-state index in [0.29, 0.717) is 28.1 Å². The van der Waals surface area contributed by atoms with Crippen molar-refractivity contribution in [1.29, 1.82) is 0 Å². The lowest BCUT2D eigenvalue weighted by molar-refractivity contribution is -0.0431. The average Bonchev–Trinajstić information content (AvgIpc) is 3.50. The molecule has 10 heteroatoms. The van der Waals surface area contributed by atoms with Gasteiger partial charge >= 0.3 is 0 Å². The lowest BCUT2D eigenvalue weighted by atomic mass is 9.72. The molecule has 4 aromatic heterocycles. The van der Waals surface area contributed by atoms with Crippen molar-refractivity contribution < 1.29 is 13.9 Å². The molecule has 0 radical (unpaired) electrons. The third-order valence-electron chi connectivity index (χ3n) is 8.55. The van der Waals surface area contributed by atoms with Gasteiger partial charge in [-0.2, -0.15) is 5.10 Å². The summed E-state index contributed by atoms with van der Waals surface area (Å²) in [5.41, 5.74) is 4.27. The van der Waals surface area contributed by atoms with Gasteiger partial charge < -0.3 is 24.3 Å². The highest BCUT2D eigenvalue weighted by atomic mass is 19.1. The number of pyridine rings is 2. The number of likely N-dealkylation sites (tertiary alicyclic amines) is 1. The fraction of sp³-hybridized carbons (Fsp3) is 0.536. The molecule has 4 aromatic rings. The summed E-state index contributed by atoms with van der Waals surface area (Å²) < 4.78 is 29.0. The largest absolute Gasteiger partial charge is 0.493 e. The van der Waals surface area contributed by atoms with E-state index in [2.05, 4.69) is 43.7 Å². The Morgan fingerprint density at radius 1 is 1.18 bits per heavy atom. The van der Waals surface area contributed by atoms with E-state index >= 15 is 4.39 Å². The van der Waals surface area contributed by atoms with Gasteiger partial charge in [0.05, 0.1) is 24.5 Å². The van der Waals surface area contributed by atoms with Gasteiger partial charge in [-0.25, -0.2) is 18.9 Å². The zero-order valence-corrected chi connectivity index (χ0v) is 22.2. The first-order chi connectivity index (χ1) is 18.4. The zero-order valence-electron chi connectivity index (χ0n) is 22.2. The van der Waals surface area contributed by atoms with Crippen LogP contribution in [0.15, 0.2) is 24.8 Å². The van der Waals surface area contributed by atoms with Gasteiger partial charge in [0.1, 0.15) is 6.33 Å². The van der Waals surface area contributed by atoms with Crippen molar-refractivity contribution in [2.75, 3.05) is 57.9 Å². The van der Waals surface area contributed by atoms with Crippen LogP contribution in [-0.2, 0) is 4.74 Å². The van der Waals surface area contributed by atoms with E-state index in [4.69, 9.17) is 9.47 Å². The van der Waals surface area contributed by atoms with Crippen molar-refractivity contribution in [2.24, 2.45) is 11.3 Å². The Labute approximate surface area is 220 Å². The first-order valence-corrected chi connectivity index (χ1v) is 13.6. The van der Waals surface area contributed by atoms with Crippen molar-refractivity contribution in [2.45, 2.75) is 32.6 Å². The maximum Gasteiger partial charge on any atom is 0.197 e. The second-order valence-corrected chi connectivity index (χ2v) is 11.7. The molecule has 0 saturated carbocycles. The number of hydrogen-bond acceptors (Lipinski definition) is 7. The molecule has 3 saturated heterocycles. The van der Waals surface area contributed by atoms with Crippen LogP contribution in [0.4, 0.5) is 10.2 Å². The van der Waals surface area contributed by atoms with Crippen LogP contribution in [0.2, 0.25) is 0 Å². The van der Waals surface area contributed by atoms with Crippen LogP contribution in [0.1, 0.15) is 38.2 Å². The van der Waals surface area contributed by atoms with Crippen molar-refractivity contribution >= 4 is 22.4 Å². The number of fused-ring (bicyclic) bond motifs is 2. The van der Waals surface area contributed by atoms with Crippen molar-refractivity contribution in [1.82, 2.24) is 29.5 Å². The van der Waals surface area contributed by atoms with Crippen molar-refractivity contribution in [3.63, 3.8) is 0 Å². The Morgan fingerprint density at radius 2 is 1.97 bits per heavy atom. The maximum absolute atomic E-state index is 16.2. The number of aromatic nitrogens is 5.